The molecule has 0 atom stereocenters. The smallest absolute Gasteiger partial charge is 0.252 e. The van der Waals surface area contributed by atoms with E-state index >= 15 is 0 Å². The van der Waals surface area contributed by atoms with Gasteiger partial charge in [-0.15, -0.1) is 11.3 Å². The fourth-order valence-electron chi connectivity index (χ4n) is 3.00. The van der Waals surface area contributed by atoms with E-state index < -0.39 is 5.91 Å². The Labute approximate surface area is 186 Å². The first-order valence-corrected chi connectivity index (χ1v) is 10.8. The van der Waals surface area contributed by atoms with Crippen molar-refractivity contribution in [2.45, 2.75) is 13.3 Å². The summed E-state index contributed by atoms with van der Waals surface area (Å²) in [5.41, 5.74) is 8.02. The molecule has 0 saturated heterocycles. The molecular formula is C22H20BrN3O3S. The van der Waals surface area contributed by atoms with E-state index in [9.17, 15) is 14.4 Å². The van der Waals surface area contributed by atoms with Crippen molar-refractivity contribution in [2.24, 2.45) is 5.73 Å². The number of anilines is 1. The monoisotopic (exact) mass is 485 g/mol. The van der Waals surface area contributed by atoms with E-state index in [0.29, 0.717) is 16.1 Å². The zero-order chi connectivity index (χ0) is 21.7. The molecule has 0 radical (unpaired) electrons. The van der Waals surface area contributed by atoms with Crippen molar-refractivity contribution < 1.29 is 14.4 Å². The van der Waals surface area contributed by atoms with Crippen LogP contribution in [-0.2, 0) is 4.79 Å². The number of nitrogens with two attached hydrogens (primary N) is 1. The molecule has 0 spiro atoms. The van der Waals surface area contributed by atoms with Gasteiger partial charge in [-0.2, -0.15) is 0 Å². The first-order chi connectivity index (χ1) is 14.4. The van der Waals surface area contributed by atoms with Gasteiger partial charge in [0.15, 0.2) is 0 Å². The first kappa shape index (κ1) is 21.7. The van der Waals surface area contributed by atoms with Crippen LogP contribution in [0.1, 0.15) is 32.0 Å². The molecule has 0 aliphatic heterocycles. The number of halogens is 1. The average Bonchev–Trinajstić information content (AvgIpc) is 3.04. The topological polar surface area (TPSA) is 101 Å². The van der Waals surface area contributed by atoms with Gasteiger partial charge in [0.25, 0.3) is 11.8 Å². The number of carbonyl (C=O) groups is 3. The van der Waals surface area contributed by atoms with Gasteiger partial charge in [0.05, 0.1) is 5.56 Å². The molecule has 0 aliphatic carbocycles. The second-order valence-corrected chi connectivity index (χ2v) is 8.67. The molecular weight excluding hydrogens is 466 g/mol. The minimum absolute atomic E-state index is 0.0675. The van der Waals surface area contributed by atoms with Crippen LogP contribution < -0.4 is 16.4 Å². The number of hydrogen-bond donors (Lipinski definition) is 3. The number of primary amides is 1. The third-order valence-electron chi connectivity index (χ3n) is 4.39. The van der Waals surface area contributed by atoms with E-state index in [1.807, 2.05) is 37.3 Å². The lowest BCUT2D eigenvalue weighted by Gasteiger charge is -2.08. The molecule has 3 aromatic rings. The fourth-order valence-corrected chi connectivity index (χ4v) is 4.36. The van der Waals surface area contributed by atoms with Gasteiger partial charge in [-0.3, -0.25) is 14.4 Å². The first-order valence-electron chi connectivity index (χ1n) is 9.19. The van der Waals surface area contributed by atoms with Crippen molar-refractivity contribution >= 4 is 50.0 Å². The number of benzene rings is 2. The summed E-state index contributed by atoms with van der Waals surface area (Å²) < 4.78 is 0.879. The van der Waals surface area contributed by atoms with Gasteiger partial charge >= 0.3 is 0 Å². The zero-order valence-corrected chi connectivity index (χ0v) is 18.6. The number of nitrogens with one attached hydrogen (secondary N) is 2. The van der Waals surface area contributed by atoms with Crippen molar-refractivity contribution in [3.8, 4) is 11.1 Å². The van der Waals surface area contributed by atoms with Crippen LogP contribution >= 0.6 is 27.3 Å². The van der Waals surface area contributed by atoms with Crippen LogP contribution in [0, 0.1) is 6.92 Å². The predicted octanol–water partition coefficient (Wildman–Crippen LogP) is 4.34. The van der Waals surface area contributed by atoms with Crippen molar-refractivity contribution in [2.75, 3.05) is 11.9 Å². The Morgan fingerprint density at radius 2 is 1.70 bits per heavy atom. The van der Waals surface area contributed by atoms with E-state index in [1.54, 1.807) is 24.3 Å². The van der Waals surface area contributed by atoms with Gasteiger partial charge in [-0.05, 0) is 36.8 Å². The number of carbonyl (C=O) groups excluding carboxylic acids is 3. The van der Waals surface area contributed by atoms with Crippen LogP contribution in [0.5, 0.6) is 0 Å². The SMILES string of the molecule is Cc1sc(NC(=O)CCNC(=O)c2ccc(Br)cc2)c(C(N)=O)c1-c1ccccc1. The van der Waals surface area contributed by atoms with Gasteiger partial charge in [-0.1, -0.05) is 46.3 Å². The molecule has 8 heteroatoms. The molecule has 2 aromatic carbocycles. The quantitative estimate of drug-likeness (QED) is 0.463. The zero-order valence-electron chi connectivity index (χ0n) is 16.2. The Hall–Kier alpha value is -2.97. The van der Waals surface area contributed by atoms with Gasteiger partial charge in [0.1, 0.15) is 5.00 Å². The second-order valence-electron chi connectivity index (χ2n) is 6.53. The Bertz CT molecular complexity index is 1080. The summed E-state index contributed by atoms with van der Waals surface area (Å²) >= 11 is 4.62. The lowest BCUT2D eigenvalue weighted by Crippen LogP contribution is -2.27. The number of rotatable bonds is 7. The van der Waals surface area contributed by atoms with Gasteiger partial charge in [-0.25, -0.2) is 0 Å². The molecule has 3 rings (SSSR count). The molecule has 4 N–H and O–H groups in total. The van der Waals surface area contributed by atoms with E-state index in [1.165, 1.54) is 11.3 Å². The summed E-state index contributed by atoms with van der Waals surface area (Å²) in [5, 5.41) is 5.90. The minimum atomic E-state index is -0.600. The van der Waals surface area contributed by atoms with Gasteiger partial charge < -0.3 is 16.4 Å². The summed E-state index contributed by atoms with van der Waals surface area (Å²) in [6.45, 7) is 2.05. The highest BCUT2D eigenvalue weighted by atomic mass is 79.9. The number of thiophene rings is 1. The standard InChI is InChI=1S/C22H20BrN3O3S/c1-13-18(14-5-3-2-4-6-14)19(20(24)28)22(30-13)26-17(27)11-12-25-21(29)15-7-9-16(23)10-8-15/h2-10H,11-12H2,1H3,(H2,24,28)(H,25,29)(H,26,27). The van der Waals surface area contributed by atoms with E-state index in [2.05, 4.69) is 26.6 Å². The van der Waals surface area contributed by atoms with Crippen LogP contribution in [0.4, 0.5) is 5.00 Å². The molecule has 6 nitrogen and oxygen atoms in total. The Morgan fingerprint density at radius 3 is 2.33 bits per heavy atom. The number of hydrogen-bond acceptors (Lipinski definition) is 4. The van der Waals surface area contributed by atoms with Crippen LogP contribution in [0.15, 0.2) is 59.1 Å². The van der Waals surface area contributed by atoms with Crippen molar-refractivity contribution in [3.05, 3.63) is 75.1 Å². The van der Waals surface area contributed by atoms with Gasteiger partial charge in [0.2, 0.25) is 5.91 Å². The van der Waals surface area contributed by atoms with Crippen molar-refractivity contribution in [1.82, 2.24) is 5.32 Å². The summed E-state index contributed by atoms with van der Waals surface area (Å²) in [4.78, 5) is 37.5. The van der Waals surface area contributed by atoms with Crippen molar-refractivity contribution in [3.63, 3.8) is 0 Å². The van der Waals surface area contributed by atoms with E-state index in [-0.39, 0.29) is 24.8 Å². The Morgan fingerprint density at radius 1 is 1.03 bits per heavy atom. The maximum atomic E-state index is 12.4. The third-order valence-corrected chi connectivity index (χ3v) is 5.94. The van der Waals surface area contributed by atoms with E-state index in [4.69, 9.17) is 5.73 Å². The molecule has 1 heterocycles. The predicted molar refractivity (Wildman–Crippen MR) is 123 cm³/mol. The normalized spacial score (nSPS) is 10.5. The van der Waals surface area contributed by atoms with E-state index in [0.717, 1.165) is 20.5 Å². The molecule has 3 amide bonds. The van der Waals surface area contributed by atoms with Gasteiger partial charge in [0, 0.05) is 33.4 Å². The highest BCUT2D eigenvalue weighted by molar-refractivity contribution is 9.10. The van der Waals surface area contributed by atoms with Crippen LogP contribution in [-0.4, -0.2) is 24.3 Å². The molecule has 154 valence electrons. The minimum Gasteiger partial charge on any atom is -0.365 e. The highest BCUT2D eigenvalue weighted by Crippen LogP contribution is 2.39. The van der Waals surface area contributed by atoms with Crippen LogP contribution in [0.25, 0.3) is 11.1 Å². The number of amides is 3. The molecule has 1 aromatic heterocycles. The summed E-state index contributed by atoms with van der Waals surface area (Å²) in [6, 6.07) is 16.4. The molecule has 0 bridgehead atoms. The average molecular weight is 486 g/mol. The Balaban J connectivity index is 1.66. The van der Waals surface area contributed by atoms with Crippen molar-refractivity contribution in [1.29, 1.82) is 0 Å². The van der Waals surface area contributed by atoms with Crippen LogP contribution in [0.2, 0.25) is 0 Å². The summed E-state index contributed by atoms with van der Waals surface area (Å²) in [6.07, 6.45) is 0.0675. The molecule has 0 unspecified atom stereocenters. The molecule has 0 fully saturated rings. The lowest BCUT2D eigenvalue weighted by molar-refractivity contribution is -0.116. The second kappa shape index (κ2) is 9.69. The third kappa shape index (κ3) is 5.14. The highest BCUT2D eigenvalue weighted by Gasteiger charge is 2.22. The summed E-state index contributed by atoms with van der Waals surface area (Å²) in [5.74, 6) is -1.17. The summed E-state index contributed by atoms with van der Waals surface area (Å²) in [7, 11) is 0. The lowest BCUT2D eigenvalue weighted by atomic mass is 10.0. The molecule has 0 aliphatic rings. The maximum absolute atomic E-state index is 12.4. The number of aryl methyl sites for hydroxylation is 1. The Kier molecular flexibility index (Phi) is 7.02. The molecule has 0 saturated carbocycles. The van der Waals surface area contributed by atoms with Crippen LogP contribution in [0.3, 0.4) is 0 Å². The molecule has 30 heavy (non-hydrogen) atoms. The maximum Gasteiger partial charge on any atom is 0.252 e. The largest absolute Gasteiger partial charge is 0.365 e. The fraction of sp³-hybridized carbons (Fsp3) is 0.136.